The van der Waals surface area contributed by atoms with Crippen molar-refractivity contribution in [1.82, 2.24) is 0 Å². The first kappa shape index (κ1) is 28.2. The molecule has 3 rings (SSSR count). The average molecular weight is 712 g/mol. The number of nitrogens with zero attached hydrogens (tertiary/aromatic N) is 2. The van der Waals surface area contributed by atoms with E-state index in [0.717, 1.165) is 47.9 Å². The molecule has 8 N–H and O–H groups in total. The number of aliphatic imine (C=N–C) groups is 2. The maximum absolute atomic E-state index is 15.1. The Balaban J connectivity index is 1.90. The van der Waals surface area contributed by atoms with Crippen LogP contribution in [0.1, 0.15) is 29.5 Å². The van der Waals surface area contributed by atoms with Crippen molar-refractivity contribution < 1.29 is 4.39 Å². The number of benzene rings is 3. The van der Waals surface area contributed by atoms with Gasteiger partial charge in [-0.1, -0.05) is 48.5 Å². The van der Waals surface area contributed by atoms with Crippen LogP contribution in [0.15, 0.2) is 76.7 Å². The van der Waals surface area contributed by atoms with Gasteiger partial charge < -0.3 is 22.9 Å². The largest absolute Gasteiger partial charge is 0.370 e. The van der Waals surface area contributed by atoms with Gasteiger partial charge in [0.2, 0.25) is 1.68 Å². The molecule has 0 atom stereocenters. The Kier molecular flexibility index (Phi) is 10.3. The van der Waals surface area contributed by atoms with Gasteiger partial charge in [0.25, 0.3) is 0 Å². The van der Waals surface area contributed by atoms with E-state index in [1.165, 1.54) is 11.1 Å². The monoisotopic (exact) mass is 712 g/mol. The van der Waals surface area contributed by atoms with Crippen LogP contribution in [0.25, 0.3) is 22.3 Å². The molecule has 0 aliphatic carbocycles. The van der Waals surface area contributed by atoms with E-state index in [1.54, 1.807) is 0 Å². The first-order valence-corrected chi connectivity index (χ1v) is 13.8. The third kappa shape index (κ3) is 8.91. The lowest BCUT2D eigenvalue weighted by Crippen LogP contribution is -2.23. The molecular formula is C27H31FI2N6. The quantitative estimate of drug-likeness (QED) is 0.0700. The molecule has 3 aromatic carbocycles. The van der Waals surface area contributed by atoms with Crippen molar-refractivity contribution in [3.63, 3.8) is 0 Å². The minimum absolute atomic E-state index is 0.109. The number of rotatable bonds is 11. The van der Waals surface area contributed by atoms with Crippen LogP contribution in [0.5, 0.6) is 0 Å². The Morgan fingerprint density at radius 3 is 1.50 bits per heavy atom. The summed E-state index contributed by atoms with van der Waals surface area (Å²) in [5.41, 5.74) is 28.7. The van der Waals surface area contributed by atoms with Gasteiger partial charge in [-0.3, -0.25) is 9.98 Å². The zero-order chi connectivity index (χ0) is 26.1. The summed E-state index contributed by atoms with van der Waals surface area (Å²) >= 11 is 3.68. The number of hydrogen-bond donors (Lipinski definition) is 4. The Labute approximate surface area is 239 Å². The van der Waals surface area contributed by atoms with E-state index in [4.69, 9.17) is 22.9 Å². The molecule has 36 heavy (non-hydrogen) atoms. The SMILES string of the molecule is NC(N)=NCCCc1cccc(-c2cc(-c3cccc(CCCN=C(N)N)c3)cc(C(F)(I)I)c2)c1. The van der Waals surface area contributed by atoms with Crippen LogP contribution in [0.2, 0.25) is 0 Å². The van der Waals surface area contributed by atoms with Crippen LogP contribution in [-0.4, -0.2) is 25.0 Å². The average Bonchev–Trinajstić information content (AvgIpc) is 2.84. The molecule has 0 saturated heterocycles. The van der Waals surface area contributed by atoms with Crippen molar-refractivity contribution in [2.75, 3.05) is 13.1 Å². The van der Waals surface area contributed by atoms with Gasteiger partial charge in [0.1, 0.15) is 0 Å². The normalized spacial score (nSPS) is 11.2. The number of alkyl halides is 3. The van der Waals surface area contributed by atoms with Crippen LogP contribution < -0.4 is 22.9 Å². The second-order valence-electron chi connectivity index (χ2n) is 8.52. The van der Waals surface area contributed by atoms with Crippen LogP contribution >= 0.6 is 45.2 Å². The van der Waals surface area contributed by atoms with Crippen LogP contribution in [0, 0.1) is 0 Å². The highest BCUT2D eigenvalue weighted by Gasteiger charge is 2.25. The summed E-state index contributed by atoms with van der Waals surface area (Å²) < 4.78 is 13.6. The lowest BCUT2D eigenvalue weighted by molar-refractivity contribution is 0.469. The number of aryl methyl sites for hydroxylation is 2. The third-order valence-electron chi connectivity index (χ3n) is 5.62. The summed E-state index contributed by atoms with van der Waals surface area (Å²) in [6, 6.07) is 22.7. The fourth-order valence-electron chi connectivity index (χ4n) is 3.92. The fourth-order valence-corrected chi connectivity index (χ4v) is 4.54. The topological polar surface area (TPSA) is 129 Å². The van der Waals surface area contributed by atoms with Crippen molar-refractivity contribution in [3.05, 3.63) is 83.4 Å². The molecule has 9 heteroatoms. The zero-order valence-corrected chi connectivity index (χ0v) is 24.2. The smallest absolute Gasteiger partial charge is 0.235 e. The number of guanidine groups is 2. The predicted octanol–water partition coefficient (Wildman–Crippen LogP) is 5.38. The van der Waals surface area contributed by atoms with Crippen LogP contribution in [0.4, 0.5) is 4.39 Å². The Bertz CT molecular complexity index is 1140. The highest BCUT2D eigenvalue weighted by atomic mass is 127. The van der Waals surface area contributed by atoms with Crippen LogP contribution in [0.3, 0.4) is 0 Å². The first-order chi connectivity index (χ1) is 17.1. The van der Waals surface area contributed by atoms with Gasteiger partial charge in [-0.15, -0.1) is 0 Å². The summed E-state index contributed by atoms with van der Waals surface area (Å²) in [6.07, 6.45) is 3.39. The molecule has 0 unspecified atom stereocenters. The first-order valence-electron chi connectivity index (χ1n) is 11.6. The van der Waals surface area contributed by atoms with Gasteiger partial charge in [-0.2, -0.15) is 0 Å². The fraction of sp³-hybridized carbons (Fsp3) is 0.259. The van der Waals surface area contributed by atoms with Crippen molar-refractivity contribution in [3.8, 4) is 22.3 Å². The molecule has 0 heterocycles. The van der Waals surface area contributed by atoms with E-state index in [2.05, 4.69) is 52.4 Å². The Hall–Kier alpha value is -2.41. The van der Waals surface area contributed by atoms with Crippen molar-refractivity contribution >= 4 is 57.1 Å². The van der Waals surface area contributed by atoms with Gasteiger partial charge >= 0.3 is 0 Å². The minimum Gasteiger partial charge on any atom is -0.370 e. The summed E-state index contributed by atoms with van der Waals surface area (Å²) in [4.78, 5) is 8.11. The summed E-state index contributed by atoms with van der Waals surface area (Å²) in [5.74, 6) is 0.219. The molecule has 0 spiro atoms. The maximum atomic E-state index is 15.1. The highest BCUT2D eigenvalue weighted by molar-refractivity contribution is 14.2. The highest BCUT2D eigenvalue weighted by Crippen LogP contribution is 2.43. The summed E-state index contributed by atoms with van der Waals surface area (Å²) in [6.45, 7) is 1.17. The van der Waals surface area contributed by atoms with E-state index in [9.17, 15) is 0 Å². The van der Waals surface area contributed by atoms with Gasteiger partial charge in [-0.05, 0) is 122 Å². The minimum atomic E-state index is -1.53. The molecule has 0 saturated carbocycles. The molecule has 0 amide bonds. The molecule has 0 aliphatic heterocycles. The molecule has 0 aromatic heterocycles. The van der Waals surface area contributed by atoms with E-state index in [-0.39, 0.29) is 11.9 Å². The molecule has 6 nitrogen and oxygen atoms in total. The molecule has 0 aliphatic rings. The van der Waals surface area contributed by atoms with Crippen LogP contribution in [-0.2, 0) is 14.5 Å². The van der Waals surface area contributed by atoms with Crippen molar-refractivity contribution in [2.45, 2.75) is 27.4 Å². The molecule has 0 radical (unpaired) electrons. The molecular weight excluding hydrogens is 681 g/mol. The van der Waals surface area contributed by atoms with Crippen molar-refractivity contribution in [1.29, 1.82) is 0 Å². The van der Waals surface area contributed by atoms with E-state index < -0.39 is 1.68 Å². The molecule has 0 fully saturated rings. The van der Waals surface area contributed by atoms with Gasteiger partial charge in [0.05, 0.1) is 0 Å². The van der Waals surface area contributed by atoms with Gasteiger partial charge in [-0.25, -0.2) is 4.39 Å². The van der Waals surface area contributed by atoms with E-state index in [1.807, 2.05) is 69.4 Å². The van der Waals surface area contributed by atoms with Gasteiger partial charge in [0.15, 0.2) is 11.9 Å². The van der Waals surface area contributed by atoms with Gasteiger partial charge in [0, 0.05) is 18.7 Å². The second kappa shape index (κ2) is 13.2. The lowest BCUT2D eigenvalue weighted by Gasteiger charge is -2.16. The Morgan fingerprint density at radius 1 is 0.667 bits per heavy atom. The molecule has 190 valence electrons. The number of nitrogens with two attached hydrogens (primary N) is 4. The number of hydrogen-bond acceptors (Lipinski definition) is 2. The number of halogens is 3. The summed E-state index contributed by atoms with van der Waals surface area (Å²) in [5, 5.41) is 0. The predicted molar refractivity (Wildman–Crippen MR) is 166 cm³/mol. The van der Waals surface area contributed by atoms with E-state index >= 15 is 4.39 Å². The summed E-state index contributed by atoms with van der Waals surface area (Å²) in [7, 11) is 0. The zero-order valence-electron chi connectivity index (χ0n) is 19.9. The molecule has 3 aromatic rings. The third-order valence-corrected chi connectivity index (χ3v) is 6.86. The van der Waals surface area contributed by atoms with E-state index in [0.29, 0.717) is 18.7 Å². The lowest BCUT2D eigenvalue weighted by atomic mass is 9.94. The maximum Gasteiger partial charge on any atom is 0.235 e. The van der Waals surface area contributed by atoms with Crippen molar-refractivity contribution in [2.24, 2.45) is 32.9 Å². The Morgan fingerprint density at radius 2 is 1.11 bits per heavy atom. The second-order valence-corrected chi connectivity index (χ2v) is 13.6. The standard InChI is InChI=1S/C27H31FI2N6/c28-27(29,30)24-16-22(20-9-1-5-18(13-20)7-3-11-35-25(31)32)15-23(17-24)21-10-2-6-19(14-21)8-4-12-36-26(33)34/h1-2,5-6,9-10,13-17H,3-4,7-8,11-12H2,(H4,31,32,35)(H4,33,34,36). The molecule has 0 bridgehead atoms.